The molecule has 2 fully saturated rings. The SMILES string of the molecule is CN=C(NCCS(=O)(=O)N1CCSCC1)NC1CCCC1C#N.I. The quantitative estimate of drug-likeness (QED) is 0.339. The van der Waals surface area contributed by atoms with Crippen molar-refractivity contribution in [2.75, 3.05) is 43.9 Å². The molecule has 138 valence electrons. The highest BCUT2D eigenvalue weighted by molar-refractivity contribution is 14.0. The fraction of sp³-hybridized carbons (Fsp3) is 0.857. The van der Waals surface area contributed by atoms with Gasteiger partial charge in [0.15, 0.2) is 5.96 Å². The van der Waals surface area contributed by atoms with Crippen molar-refractivity contribution >= 4 is 51.7 Å². The lowest BCUT2D eigenvalue weighted by Gasteiger charge is -2.26. The molecule has 1 aliphatic carbocycles. The molecule has 1 heterocycles. The number of guanidine groups is 1. The summed E-state index contributed by atoms with van der Waals surface area (Å²) in [6, 6.07) is 2.42. The fourth-order valence-electron chi connectivity index (χ4n) is 2.91. The van der Waals surface area contributed by atoms with Gasteiger partial charge in [-0.3, -0.25) is 4.99 Å². The molecular formula is C14H26IN5O2S2. The van der Waals surface area contributed by atoms with Crippen LogP contribution in [0.2, 0.25) is 0 Å². The highest BCUT2D eigenvalue weighted by atomic mass is 127. The van der Waals surface area contributed by atoms with E-state index < -0.39 is 10.0 Å². The molecule has 10 heteroatoms. The minimum Gasteiger partial charge on any atom is -0.355 e. The van der Waals surface area contributed by atoms with Crippen molar-refractivity contribution in [3.05, 3.63) is 0 Å². The van der Waals surface area contributed by atoms with E-state index in [-0.39, 0.29) is 41.7 Å². The van der Waals surface area contributed by atoms with Crippen LogP contribution in [-0.2, 0) is 10.0 Å². The van der Waals surface area contributed by atoms with Crippen molar-refractivity contribution in [2.24, 2.45) is 10.9 Å². The molecule has 24 heavy (non-hydrogen) atoms. The smallest absolute Gasteiger partial charge is 0.215 e. The van der Waals surface area contributed by atoms with Crippen LogP contribution in [0.25, 0.3) is 0 Å². The fourth-order valence-corrected chi connectivity index (χ4v) is 5.40. The number of thioether (sulfide) groups is 1. The van der Waals surface area contributed by atoms with E-state index in [0.29, 0.717) is 25.6 Å². The lowest BCUT2D eigenvalue weighted by Crippen LogP contribution is -2.47. The van der Waals surface area contributed by atoms with Crippen LogP contribution in [-0.4, -0.2) is 68.7 Å². The molecule has 0 aromatic rings. The average Bonchev–Trinajstić information content (AvgIpc) is 3.01. The summed E-state index contributed by atoms with van der Waals surface area (Å²) in [6.45, 7) is 1.52. The molecule has 0 aromatic carbocycles. The normalized spacial score (nSPS) is 25.6. The standard InChI is InChI=1S/C14H25N5O2S2.HI/c1-16-14(18-13-4-2-3-12(13)11-15)17-5-10-23(20,21)19-6-8-22-9-7-19;/h12-13H,2-10H2,1H3,(H2,16,17,18);1H. The number of hydrogen-bond acceptors (Lipinski definition) is 5. The van der Waals surface area contributed by atoms with Crippen LogP contribution in [0.15, 0.2) is 4.99 Å². The molecule has 2 aliphatic rings. The molecular weight excluding hydrogens is 461 g/mol. The Labute approximate surface area is 166 Å². The molecule has 1 saturated carbocycles. The summed E-state index contributed by atoms with van der Waals surface area (Å²) in [5, 5.41) is 15.4. The van der Waals surface area contributed by atoms with Crippen molar-refractivity contribution in [3.63, 3.8) is 0 Å². The van der Waals surface area contributed by atoms with Gasteiger partial charge >= 0.3 is 0 Å². The van der Waals surface area contributed by atoms with Crippen LogP contribution in [0.1, 0.15) is 19.3 Å². The van der Waals surface area contributed by atoms with Crippen molar-refractivity contribution in [1.29, 1.82) is 5.26 Å². The monoisotopic (exact) mass is 487 g/mol. The van der Waals surface area contributed by atoms with Gasteiger partial charge in [-0.2, -0.15) is 17.0 Å². The number of nitrogens with zero attached hydrogens (tertiary/aromatic N) is 3. The van der Waals surface area contributed by atoms with Gasteiger partial charge in [0.25, 0.3) is 0 Å². The third-order valence-electron chi connectivity index (χ3n) is 4.24. The second-order valence-corrected chi connectivity index (χ2v) is 9.06. The zero-order valence-corrected chi connectivity index (χ0v) is 17.9. The number of rotatable bonds is 5. The van der Waals surface area contributed by atoms with E-state index >= 15 is 0 Å². The van der Waals surface area contributed by atoms with Crippen LogP contribution < -0.4 is 10.6 Å². The van der Waals surface area contributed by atoms with Crippen molar-refractivity contribution in [2.45, 2.75) is 25.3 Å². The Morgan fingerprint density at radius 3 is 2.71 bits per heavy atom. The molecule has 2 rings (SSSR count). The zero-order chi connectivity index (χ0) is 16.7. The molecule has 0 spiro atoms. The Hall–Kier alpha value is -0.250. The van der Waals surface area contributed by atoms with E-state index in [2.05, 4.69) is 21.7 Å². The molecule has 1 saturated heterocycles. The maximum atomic E-state index is 12.3. The summed E-state index contributed by atoms with van der Waals surface area (Å²) in [6.07, 6.45) is 2.89. The van der Waals surface area contributed by atoms with Gasteiger partial charge in [0.1, 0.15) is 0 Å². The van der Waals surface area contributed by atoms with Crippen LogP contribution in [0.4, 0.5) is 0 Å². The molecule has 2 unspecified atom stereocenters. The Bertz CT molecular complexity index is 558. The molecule has 0 radical (unpaired) electrons. The number of nitriles is 1. The van der Waals surface area contributed by atoms with Gasteiger partial charge in [-0.05, 0) is 19.3 Å². The topological polar surface area (TPSA) is 97.6 Å². The predicted octanol–water partition coefficient (Wildman–Crippen LogP) is 0.840. The highest BCUT2D eigenvalue weighted by Crippen LogP contribution is 2.24. The van der Waals surface area contributed by atoms with E-state index in [0.717, 1.165) is 30.8 Å². The van der Waals surface area contributed by atoms with Gasteiger partial charge in [-0.1, -0.05) is 0 Å². The van der Waals surface area contributed by atoms with Crippen molar-refractivity contribution in [3.8, 4) is 6.07 Å². The van der Waals surface area contributed by atoms with Gasteiger partial charge in [0, 0.05) is 44.2 Å². The number of sulfonamides is 1. The number of nitrogens with one attached hydrogen (secondary N) is 2. The number of hydrogen-bond donors (Lipinski definition) is 2. The lowest BCUT2D eigenvalue weighted by molar-refractivity contribution is 0.443. The van der Waals surface area contributed by atoms with E-state index in [1.807, 2.05) is 0 Å². The van der Waals surface area contributed by atoms with Gasteiger partial charge in [0.2, 0.25) is 10.0 Å². The minimum atomic E-state index is -3.21. The molecule has 2 N–H and O–H groups in total. The molecule has 0 bridgehead atoms. The third kappa shape index (κ3) is 6.24. The molecule has 7 nitrogen and oxygen atoms in total. The van der Waals surface area contributed by atoms with Crippen LogP contribution in [0.5, 0.6) is 0 Å². The number of halogens is 1. The van der Waals surface area contributed by atoms with E-state index in [9.17, 15) is 8.42 Å². The Morgan fingerprint density at radius 1 is 1.38 bits per heavy atom. The molecule has 2 atom stereocenters. The van der Waals surface area contributed by atoms with E-state index in [1.54, 1.807) is 23.1 Å². The number of aliphatic imine (C=N–C) groups is 1. The Morgan fingerprint density at radius 2 is 2.08 bits per heavy atom. The Balaban J connectivity index is 0.00000288. The first-order valence-electron chi connectivity index (χ1n) is 7.99. The van der Waals surface area contributed by atoms with Gasteiger partial charge in [-0.15, -0.1) is 24.0 Å². The maximum Gasteiger partial charge on any atom is 0.215 e. The minimum absolute atomic E-state index is 0. The summed E-state index contributed by atoms with van der Waals surface area (Å²) < 4.78 is 26.1. The summed E-state index contributed by atoms with van der Waals surface area (Å²) in [5.74, 6) is 2.37. The first-order chi connectivity index (χ1) is 11.1. The van der Waals surface area contributed by atoms with E-state index in [1.165, 1.54) is 0 Å². The van der Waals surface area contributed by atoms with Gasteiger partial charge in [0.05, 0.1) is 17.7 Å². The average molecular weight is 487 g/mol. The lowest BCUT2D eigenvalue weighted by atomic mass is 10.1. The van der Waals surface area contributed by atoms with Gasteiger partial charge < -0.3 is 10.6 Å². The van der Waals surface area contributed by atoms with Crippen molar-refractivity contribution in [1.82, 2.24) is 14.9 Å². The first-order valence-corrected chi connectivity index (χ1v) is 10.8. The Kier molecular flexibility index (Phi) is 9.69. The molecule has 1 aliphatic heterocycles. The third-order valence-corrected chi connectivity index (χ3v) is 7.06. The summed E-state index contributed by atoms with van der Waals surface area (Å²) in [7, 11) is -1.55. The highest BCUT2D eigenvalue weighted by Gasteiger charge is 2.28. The summed E-state index contributed by atoms with van der Waals surface area (Å²) in [4.78, 5) is 4.13. The van der Waals surface area contributed by atoms with Crippen LogP contribution >= 0.6 is 35.7 Å². The largest absolute Gasteiger partial charge is 0.355 e. The van der Waals surface area contributed by atoms with E-state index in [4.69, 9.17) is 5.26 Å². The summed E-state index contributed by atoms with van der Waals surface area (Å²) in [5.41, 5.74) is 0. The first kappa shape index (κ1) is 21.8. The second kappa shape index (κ2) is 10.7. The predicted molar refractivity (Wildman–Crippen MR) is 109 cm³/mol. The molecule has 0 amide bonds. The molecule has 0 aromatic heterocycles. The van der Waals surface area contributed by atoms with Crippen molar-refractivity contribution < 1.29 is 8.42 Å². The van der Waals surface area contributed by atoms with Crippen LogP contribution in [0.3, 0.4) is 0 Å². The van der Waals surface area contributed by atoms with Crippen LogP contribution in [0, 0.1) is 17.2 Å². The maximum absolute atomic E-state index is 12.3. The summed E-state index contributed by atoms with van der Waals surface area (Å²) >= 11 is 1.79. The second-order valence-electron chi connectivity index (χ2n) is 5.74. The zero-order valence-electron chi connectivity index (χ0n) is 13.9. The van der Waals surface area contributed by atoms with Gasteiger partial charge in [-0.25, -0.2) is 12.7 Å².